The van der Waals surface area contributed by atoms with Gasteiger partial charge in [0.1, 0.15) is 0 Å². The molecule has 1 unspecified atom stereocenters. The molecule has 0 amide bonds. The maximum absolute atomic E-state index is 6.17. The van der Waals surface area contributed by atoms with E-state index >= 15 is 0 Å². The summed E-state index contributed by atoms with van der Waals surface area (Å²) in [4.78, 5) is 0. The van der Waals surface area contributed by atoms with Gasteiger partial charge in [-0.05, 0) is 33.2 Å². The highest BCUT2D eigenvalue weighted by molar-refractivity contribution is 5.17. The molecule has 108 valence electrons. The number of aromatic nitrogens is 2. The number of hydrogen-bond donors (Lipinski definition) is 1. The molecule has 0 saturated heterocycles. The lowest BCUT2D eigenvalue weighted by atomic mass is 9.88. The van der Waals surface area contributed by atoms with Gasteiger partial charge in [-0.2, -0.15) is 5.10 Å². The average Bonchev–Trinajstić information content (AvgIpc) is 3.02. The fourth-order valence-corrected chi connectivity index (χ4v) is 3.39. The highest BCUT2D eigenvalue weighted by Gasteiger charge is 2.42. The molecule has 1 heterocycles. The van der Waals surface area contributed by atoms with Gasteiger partial charge < -0.3 is 10.1 Å². The van der Waals surface area contributed by atoms with Crippen LogP contribution in [0, 0.1) is 0 Å². The SMILES string of the molecule is CCCn1cc(C(NC)C2(OCC)CCCC2)cn1. The van der Waals surface area contributed by atoms with E-state index < -0.39 is 0 Å². The van der Waals surface area contributed by atoms with E-state index in [1.54, 1.807) is 0 Å². The quantitative estimate of drug-likeness (QED) is 0.824. The normalized spacial score (nSPS) is 19.7. The first-order chi connectivity index (χ1) is 9.25. The Balaban J connectivity index is 2.20. The largest absolute Gasteiger partial charge is 0.373 e. The van der Waals surface area contributed by atoms with Gasteiger partial charge in [-0.15, -0.1) is 0 Å². The first-order valence-corrected chi connectivity index (χ1v) is 7.59. The number of nitrogens with one attached hydrogen (secondary N) is 1. The average molecular weight is 265 g/mol. The van der Waals surface area contributed by atoms with Crippen molar-refractivity contribution in [2.45, 2.75) is 64.1 Å². The van der Waals surface area contributed by atoms with E-state index in [1.807, 2.05) is 17.9 Å². The molecule has 0 aliphatic heterocycles. The Kier molecular flexibility index (Phi) is 4.99. The van der Waals surface area contributed by atoms with Crippen LogP contribution in [0.25, 0.3) is 0 Å². The van der Waals surface area contributed by atoms with Crippen LogP contribution in [-0.4, -0.2) is 29.0 Å². The van der Waals surface area contributed by atoms with Gasteiger partial charge in [0.05, 0.1) is 17.8 Å². The summed E-state index contributed by atoms with van der Waals surface area (Å²) in [7, 11) is 2.03. The lowest BCUT2D eigenvalue weighted by molar-refractivity contribution is -0.0610. The Morgan fingerprint density at radius 2 is 2.16 bits per heavy atom. The summed E-state index contributed by atoms with van der Waals surface area (Å²) in [6, 6.07) is 0.251. The first-order valence-electron chi connectivity index (χ1n) is 7.59. The van der Waals surface area contributed by atoms with E-state index in [-0.39, 0.29) is 11.6 Å². The second-order valence-electron chi connectivity index (χ2n) is 5.46. The zero-order chi connectivity index (χ0) is 13.7. The van der Waals surface area contributed by atoms with Crippen LogP contribution in [0.2, 0.25) is 0 Å². The van der Waals surface area contributed by atoms with Gasteiger partial charge >= 0.3 is 0 Å². The third-order valence-corrected chi connectivity index (χ3v) is 4.14. The molecule has 1 fully saturated rings. The zero-order valence-electron chi connectivity index (χ0n) is 12.5. The third kappa shape index (κ3) is 3.00. The predicted octanol–water partition coefficient (Wildman–Crippen LogP) is 2.90. The van der Waals surface area contributed by atoms with Gasteiger partial charge in [-0.1, -0.05) is 19.8 Å². The Morgan fingerprint density at radius 3 is 2.74 bits per heavy atom. The van der Waals surface area contributed by atoms with E-state index in [2.05, 4.69) is 30.5 Å². The predicted molar refractivity (Wildman–Crippen MR) is 77.1 cm³/mol. The zero-order valence-corrected chi connectivity index (χ0v) is 12.5. The summed E-state index contributed by atoms with van der Waals surface area (Å²) < 4.78 is 8.20. The van der Waals surface area contributed by atoms with Crippen molar-refractivity contribution in [1.29, 1.82) is 0 Å². The van der Waals surface area contributed by atoms with Crippen molar-refractivity contribution in [2.24, 2.45) is 0 Å². The van der Waals surface area contributed by atoms with Gasteiger partial charge in [0.15, 0.2) is 0 Å². The molecule has 1 aromatic heterocycles. The highest BCUT2D eigenvalue weighted by atomic mass is 16.5. The molecule has 0 radical (unpaired) electrons. The number of ether oxygens (including phenoxy) is 1. The molecule has 0 spiro atoms. The lowest BCUT2D eigenvalue weighted by Gasteiger charge is -2.36. The molecule has 0 aromatic carbocycles. The van der Waals surface area contributed by atoms with Gasteiger partial charge in [0.25, 0.3) is 0 Å². The molecule has 1 aliphatic carbocycles. The van der Waals surface area contributed by atoms with E-state index in [4.69, 9.17) is 4.74 Å². The molecule has 1 N–H and O–H groups in total. The number of likely N-dealkylation sites (N-methyl/N-ethyl adjacent to an activating group) is 1. The van der Waals surface area contributed by atoms with E-state index in [0.717, 1.165) is 32.4 Å². The fourth-order valence-electron chi connectivity index (χ4n) is 3.39. The lowest BCUT2D eigenvalue weighted by Crippen LogP contribution is -2.43. The van der Waals surface area contributed by atoms with Gasteiger partial charge in [-0.25, -0.2) is 0 Å². The van der Waals surface area contributed by atoms with Crippen molar-refractivity contribution in [3.8, 4) is 0 Å². The van der Waals surface area contributed by atoms with Crippen molar-refractivity contribution >= 4 is 0 Å². The number of rotatable bonds is 7. The van der Waals surface area contributed by atoms with Crippen LogP contribution in [-0.2, 0) is 11.3 Å². The van der Waals surface area contributed by atoms with Crippen LogP contribution in [0.1, 0.15) is 57.6 Å². The number of aryl methyl sites for hydroxylation is 1. The van der Waals surface area contributed by atoms with Crippen LogP contribution < -0.4 is 5.32 Å². The Bertz CT molecular complexity index is 382. The van der Waals surface area contributed by atoms with Crippen molar-refractivity contribution < 1.29 is 4.74 Å². The minimum atomic E-state index is -0.0381. The van der Waals surface area contributed by atoms with Crippen molar-refractivity contribution in [2.75, 3.05) is 13.7 Å². The fraction of sp³-hybridized carbons (Fsp3) is 0.800. The Morgan fingerprint density at radius 1 is 1.42 bits per heavy atom. The first kappa shape index (κ1) is 14.5. The summed E-state index contributed by atoms with van der Waals surface area (Å²) in [5, 5.41) is 7.92. The molecule has 0 bridgehead atoms. The highest BCUT2D eigenvalue weighted by Crippen LogP contribution is 2.42. The molecular formula is C15H27N3O. The molecule has 4 nitrogen and oxygen atoms in total. The molecule has 19 heavy (non-hydrogen) atoms. The van der Waals surface area contributed by atoms with Crippen LogP contribution in [0.3, 0.4) is 0 Å². The summed E-state index contributed by atoms with van der Waals surface area (Å²) in [5.41, 5.74) is 1.22. The minimum Gasteiger partial charge on any atom is -0.373 e. The molecule has 2 rings (SSSR count). The maximum Gasteiger partial charge on any atom is 0.0877 e. The van der Waals surface area contributed by atoms with Gasteiger partial charge in [-0.3, -0.25) is 4.68 Å². The Labute approximate surface area is 116 Å². The summed E-state index contributed by atoms with van der Waals surface area (Å²) in [5.74, 6) is 0. The summed E-state index contributed by atoms with van der Waals surface area (Å²) in [6.45, 7) is 6.03. The number of hydrogen-bond acceptors (Lipinski definition) is 3. The second-order valence-corrected chi connectivity index (χ2v) is 5.46. The van der Waals surface area contributed by atoms with Crippen molar-refractivity contribution in [1.82, 2.24) is 15.1 Å². The topological polar surface area (TPSA) is 39.1 Å². The second kappa shape index (κ2) is 6.53. The molecule has 4 heteroatoms. The summed E-state index contributed by atoms with van der Waals surface area (Å²) >= 11 is 0. The molecule has 1 aliphatic rings. The van der Waals surface area contributed by atoms with Crippen molar-refractivity contribution in [3.63, 3.8) is 0 Å². The van der Waals surface area contributed by atoms with E-state index in [1.165, 1.54) is 18.4 Å². The molecule has 1 aromatic rings. The maximum atomic E-state index is 6.17. The monoisotopic (exact) mass is 265 g/mol. The van der Waals surface area contributed by atoms with E-state index in [9.17, 15) is 0 Å². The van der Waals surface area contributed by atoms with E-state index in [0.29, 0.717) is 0 Å². The summed E-state index contributed by atoms with van der Waals surface area (Å²) in [6.07, 6.45) is 10.1. The standard InChI is InChI=1S/C15H27N3O/c1-4-10-18-12-13(11-17-18)14(16-3)15(19-5-2)8-6-7-9-15/h11-12,14,16H,4-10H2,1-3H3. The molecule has 1 atom stereocenters. The smallest absolute Gasteiger partial charge is 0.0877 e. The number of nitrogens with zero attached hydrogens (tertiary/aromatic N) is 2. The van der Waals surface area contributed by atoms with Crippen LogP contribution in [0.15, 0.2) is 12.4 Å². The van der Waals surface area contributed by atoms with Gasteiger partial charge in [0.2, 0.25) is 0 Å². The van der Waals surface area contributed by atoms with Crippen LogP contribution in [0.5, 0.6) is 0 Å². The minimum absolute atomic E-state index is 0.0381. The molecular weight excluding hydrogens is 238 g/mol. The molecule has 1 saturated carbocycles. The Hall–Kier alpha value is -0.870. The van der Waals surface area contributed by atoms with Crippen LogP contribution >= 0.6 is 0 Å². The van der Waals surface area contributed by atoms with Gasteiger partial charge in [0, 0.05) is 24.9 Å². The van der Waals surface area contributed by atoms with Crippen LogP contribution in [0.4, 0.5) is 0 Å². The third-order valence-electron chi connectivity index (χ3n) is 4.14. The van der Waals surface area contributed by atoms with Crippen molar-refractivity contribution in [3.05, 3.63) is 18.0 Å².